The quantitative estimate of drug-likeness (QED) is 0.0993. The van der Waals surface area contributed by atoms with E-state index < -0.39 is 5.97 Å². The highest BCUT2D eigenvalue weighted by Gasteiger charge is 2.16. The Morgan fingerprint density at radius 2 is 1.84 bits per heavy atom. The van der Waals surface area contributed by atoms with Crippen LogP contribution in [-0.2, 0) is 25.7 Å². The lowest BCUT2D eigenvalue weighted by Crippen LogP contribution is -2.07. The maximum absolute atomic E-state index is 12.1. The highest BCUT2D eigenvalue weighted by molar-refractivity contribution is 6.16. The van der Waals surface area contributed by atoms with E-state index in [1.807, 2.05) is 55.5 Å². The van der Waals surface area contributed by atoms with Crippen LogP contribution in [0.3, 0.4) is 0 Å². The van der Waals surface area contributed by atoms with Crippen LogP contribution in [0.1, 0.15) is 56.2 Å². The van der Waals surface area contributed by atoms with Gasteiger partial charge in [0.2, 0.25) is 0 Å². The number of carbonyl (C=O) groups excluding carboxylic acids is 1. The van der Waals surface area contributed by atoms with Gasteiger partial charge in [0, 0.05) is 11.1 Å². The van der Waals surface area contributed by atoms with E-state index in [1.165, 1.54) is 39.7 Å². The summed E-state index contributed by atoms with van der Waals surface area (Å²) in [7, 11) is 2.82. The highest BCUT2D eigenvalue weighted by Crippen LogP contribution is 2.22. The molecule has 0 spiro atoms. The number of hydrogen-bond donors (Lipinski definition) is 0. The molecule has 0 heterocycles. The molecule has 0 amide bonds. The molecular weight excluding hydrogens is 406 g/mol. The van der Waals surface area contributed by atoms with Gasteiger partial charge in [-0.3, -0.25) is 0 Å². The number of carbonyl (C=O) groups is 1. The molecule has 0 atom stereocenters. The third-order valence-electron chi connectivity index (χ3n) is 4.89. The highest BCUT2D eigenvalue weighted by atomic mass is 16.6. The van der Waals surface area contributed by atoms with Gasteiger partial charge in [-0.15, -0.1) is 0 Å². The molecule has 0 aliphatic rings. The number of methoxy groups -OCH3 is 2. The number of unbranched alkanes of at least 4 members (excludes halogenated alkanes) is 3. The summed E-state index contributed by atoms with van der Waals surface area (Å²) < 4.78 is 15.8. The number of benzene rings is 2. The first kappa shape index (κ1) is 25.0. The second kappa shape index (κ2) is 13.9. The van der Waals surface area contributed by atoms with Crippen LogP contribution in [0.2, 0.25) is 0 Å². The van der Waals surface area contributed by atoms with Crippen molar-refractivity contribution in [2.75, 3.05) is 20.8 Å². The Labute approximate surface area is 190 Å². The van der Waals surface area contributed by atoms with Crippen molar-refractivity contribution >= 4 is 17.3 Å². The molecule has 6 heteroatoms. The van der Waals surface area contributed by atoms with Gasteiger partial charge in [0.05, 0.1) is 32.8 Å². The maximum Gasteiger partial charge on any atom is 0.341 e. The Bertz CT molecular complexity index is 920. The number of ether oxygens (including phenoxy) is 3. The third-order valence-corrected chi connectivity index (χ3v) is 4.89. The molecule has 0 fully saturated rings. The molecule has 0 aliphatic carbocycles. The van der Waals surface area contributed by atoms with Gasteiger partial charge >= 0.3 is 5.97 Å². The molecule has 2 rings (SSSR count). The normalized spacial score (nSPS) is 11.8. The number of oxime groups is 1. The van der Waals surface area contributed by atoms with E-state index in [2.05, 4.69) is 12.1 Å². The first-order chi connectivity index (χ1) is 15.6. The van der Waals surface area contributed by atoms with Crippen molar-refractivity contribution in [3.63, 3.8) is 0 Å². The summed E-state index contributed by atoms with van der Waals surface area (Å²) >= 11 is 0. The van der Waals surface area contributed by atoms with E-state index in [-0.39, 0.29) is 6.61 Å². The lowest BCUT2D eigenvalue weighted by Gasteiger charge is -2.11. The van der Waals surface area contributed by atoms with E-state index in [0.29, 0.717) is 17.7 Å². The van der Waals surface area contributed by atoms with E-state index in [4.69, 9.17) is 19.0 Å². The van der Waals surface area contributed by atoms with Crippen LogP contribution in [-0.4, -0.2) is 32.5 Å². The predicted molar refractivity (Wildman–Crippen MR) is 127 cm³/mol. The molecule has 0 bridgehead atoms. The van der Waals surface area contributed by atoms with Crippen molar-refractivity contribution in [2.45, 2.75) is 46.1 Å². The predicted octanol–water partition coefficient (Wildman–Crippen LogP) is 5.75. The molecule has 0 N–H and O–H groups in total. The topological polar surface area (TPSA) is 66.3 Å². The fourth-order valence-corrected chi connectivity index (χ4v) is 3.14. The van der Waals surface area contributed by atoms with Crippen LogP contribution >= 0.6 is 0 Å². The first-order valence-corrected chi connectivity index (χ1v) is 10.9. The second-order valence-electron chi connectivity index (χ2n) is 7.30. The molecule has 2 aromatic carbocycles. The zero-order valence-electron chi connectivity index (χ0n) is 19.4. The lowest BCUT2D eigenvalue weighted by atomic mass is 10.0. The van der Waals surface area contributed by atoms with Gasteiger partial charge in [-0.1, -0.05) is 67.7 Å². The second-order valence-corrected chi connectivity index (χ2v) is 7.30. The standard InChI is InChI=1S/C26H33NO5/c1-5-6-7-10-16-31-23-14-11-13-21(17-23)20(2)27-32-18-22-12-8-9-15-24(22)25(19-29-3)26(28)30-4/h8-9,11-15,17,19H,5-7,10,16,18H2,1-4H3. The minimum atomic E-state index is -0.481. The third kappa shape index (κ3) is 7.76. The maximum atomic E-state index is 12.1. The molecule has 0 aromatic heterocycles. The zero-order chi connectivity index (χ0) is 23.2. The zero-order valence-corrected chi connectivity index (χ0v) is 19.4. The molecule has 0 aliphatic heterocycles. The molecule has 0 radical (unpaired) electrons. The monoisotopic (exact) mass is 439 g/mol. The van der Waals surface area contributed by atoms with Gasteiger partial charge in [0.1, 0.15) is 17.9 Å². The van der Waals surface area contributed by atoms with Gasteiger partial charge in [-0.2, -0.15) is 0 Å². The van der Waals surface area contributed by atoms with Crippen molar-refractivity contribution in [3.8, 4) is 5.75 Å². The fraction of sp³-hybridized carbons (Fsp3) is 0.385. The summed E-state index contributed by atoms with van der Waals surface area (Å²) in [5.41, 5.74) is 3.45. The Morgan fingerprint density at radius 3 is 2.59 bits per heavy atom. The number of rotatable bonds is 13. The molecular formula is C26H33NO5. The Balaban J connectivity index is 2.04. The van der Waals surface area contributed by atoms with Crippen LogP contribution in [0.15, 0.2) is 59.9 Å². The lowest BCUT2D eigenvalue weighted by molar-refractivity contribution is -0.133. The van der Waals surface area contributed by atoms with Gasteiger partial charge in [0.15, 0.2) is 0 Å². The summed E-state index contributed by atoms with van der Waals surface area (Å²) in [5, 5.41) is 4.26. The molecule has 172 valence electrons. The minimum Gasteiger partial charge on any atom is -0.503 e. The van der Waals surface area contributed by atoms with Gasteiger partial charge in [-0.05, 0) is 31.0 Å². The van der Waals surface area contributed by atoms with Crippen molar-refractivity contribution < 1.29 is 23.8 Å². The van der Waals surface area contributed by atoms with Crippen LogP contribution < -0.4 is 4.74 Å². The molecule has 32 heavy (non-hydrogen) atoms. The van der Waals surface area contributed by atoms with Gasteiger partial charge < -0.3 is 19.0 Å². The average molecular weight is 440 g/mol. The summed E-state index contributed by atoms with van der Waals surface area (Å²) in [6.07, 6.45) is 6.05. The number of hydrogen-bond acceptors (Lipinski definition) is 6. The van der Waals surface area contributed by atoms with Crippen LogP contribution in [0, 0.1) is 0 Å². The molecule has 2 aromatic rings. The van der Waals surface area contributed by atoms with Crippen LogP contribution in [0.25, 0.3) is 5.57 Å². The Kier molecular flexibility index (Phi) is 10.9. The van der Waals surface area contributed by atoms with Crippen molar-refractivity contribution in [2.24, 2.45) is 5.16 Å². The minimum absolute atomic E-state index is 0.194. The van der Waals surface area contributed by atoms with E-state index in [1.54, 1.807) is 0 Å². The van der Waals surface area contributed by atoms with E-state index in [0.717, 1.165) is 29.0 Å². The molecule has 0 saturated heterocycles. The Morgan fingerprint density at radius 1 is 1.03 bits per heavy atom. The van der Waals surface area contributed by atoms with Gasteiger partial charge in [-0.25, -0.2) is 4.79 Å². The summed E-state index contributed by atoms with van der Waals surface area (Å²) in [5.74, 6) is 0.344. The SMILES string of the molecule is CCCCCCOc1cccc(C(C)=NOCc2ccccc2C(=COC)C(=O)OC)c1. The van der Waals surface area contributed by atoms with Gasteiger partial charge in [0.25, 0.3) is 0 Å². The fourth-order valence-electron chi connectivity index (χ4n) is 3.14. The molecule has 0 unspecified atom stereocenters. The average Bonchev–Trinajstić information content (AvgIpc) is 2.82. The van der Waals surface area contributed by atoms with E-state index >= 15 is 0 Å². The van der Waals surface area contributed by atoms with Crippen molar-refractivity contribution in [3.05, 3.63) is 71.5 Å². The Hall–Kier alpha value is -3.28. The molecule has 6 nitrogen and oxygen atoms in total. The van der Waals surface area contributed by atoms with Crippen molar-refractivity contribution in [1.29, 1.82) is 0 Å². The smallest absolute Gasteiger partial charge is 0.341 e. The summed E-state index contributed by atoms with van der Waals surface area (Å²) in [6.45, 7) is 4.99. The largest absolute Gasteiger partial charge is 0.503 e. The summed E-state index contributed by atoms with van der Waals surface area (Å²) in [6, 6.07) is 15.2. The summed E-state index contributed by atoms with van der Waals surface area (Å²) in [4.78, 5) is 17.7. The van der Waals surface area contributed by atoms with E-state index in [9.17, 15) is 4.79 Å². The van der Waals surface area contributed by atoms with Crippen LogP contribution in [0.4, 0.5) is 0 Å². The van der Waals surface area contributed by atoms with Crippen LogP contribution in [0.5, 0.6) is 5.75 Å². The van der Waals surface area contributed by atoms with Crippen molar-refractivity contribution in [1.82, 2.24) is 0 Å². The number of esters is 1. The molecule has 0 saturated carbocycles. The first-order valence-electron chi connectivity index (χ1n) is 10.9. The number of nitrogens with zero attached hydrogens (tertiary/aromatic N) is 1.